The molecule has 102 valence electrons. The van der Waals surface area contributed by atoms with Crippen molar-refractivity contribution in [2.45, 2.75) is 12.5 Å². The fourth-order valence-corrected chi connectivity index (χ4v) is 2.70. The molecule has 1 unspecified atom stereocenters. The summed E-state index contributed by atoms with van der Waals surface area (Å²) in [4.78, 5) is 4.77. The van der Waals surface area contributed by atoms with Gasteiger partial charge in [-0.2, -0.15) is 5.26 Å². The molecule has 1 aromatic carbocycles. The van der Waals surface area contributed by atoms with Crippen LogP contribution in [-0.4, -0.2) is 51.2 Å². The summed E-state index contributed by atoms with van der Waals surface area (Å²) < 4.78 is 0. The molecule has 0 aromatic heterocycles. The number of likely N-dealkylation sites (N-methyl/N-ethyl adjacent to an activating group) is 1. The lowest BCUT2D eigenvalue weighted by molar-refractivity contribution is 0.260. The first-order chi connectivity index (χ1) is 9.26. The van der Waals surface area contributed by atoms with Crippen molar-refractivity contribution in [1.82, 2.24) is 10.2 Å². The number of anilines is 1. The highest BCUT2D eigenvalue weighted by Crippen LogP contribution is 2.25. The second-order valence-electron chi connectivity index (χ2n) is 5.13. The highest BCUT2D eigenvalue weighted by Gasteiger charge is 2.26. The molecule has 0 bridgehead atoms. The molecule has 1 N–H and O–H groups in total. The van der Waals surface area contributed by atoms with Crippen molar-refractivity contribution in [3.8, 4) is 6.07 Å². The van der Waals surface area contributed by atoms with Crippen LogP contribution in [0, 0.1) is 11.3 Å². The van der Waals surface area contributed by atoms with Crippen LogP contribution in [0.2, 0.25) is 0 Å². The summed E-state index contributed by atoms with van der Waals surface area (Å²) in [6.45, 7) is 4.10. The van der Waals surface area contributed by atoms with Crippen molar-refractivity contribution in [2.24, 2.45) is 0 Å². The molecule has 1 atom stereocenters. The largest absolute Gasteiger partial charge is 0.365 e. The first kappa shape index (κ1) is 13.9. The zero-order valence-electron chi connectivity index (χ0n) is 11.8. The van der Waals surface area contributed by atoms with Gasteiger partial charge in [0, 0.05) is 25.7 Å². The summed E-state index contributed by atoms with van der Waals surface area (Å²) in [7, 11) is 4.15. The van der Waals surface area contributed by atoms with Crippen molar-refractivity contribution >= 4 is 5.69 Å². The Hall–Kier alpha value is -1.57. The third-order valence-electron chi connectivity index (χ3n) is 3.75. The van der Waals surface area contributed by atoms with Crippen molar-refractivity contribution in [2.75, 3.05) is 45.2 Å². The van der Waals surface area contributed by atoms with Crippen LogP contribution < -0.4 is 10.2 Å². The van der Waals surface area contributed by atoms with Crippen LogP contribution in [0.4, 0.5) is 5.69 Å². The van der Waals surface area contributed by atoms with Gasteiger partial charge in [0.2, 0.25) is 0 Å². The van der Waals surface area contributed by atoms with E-state index in [4.69, 9.17) is 0 Å². The van der Waals surface area contributed by atoms with E-state index < -0.39 is 0 Å². The number of nitrogens with zero attached hydrogens (tertiary/aromatic N) is 3. The molecule has 0 radical (unpaired) electrons. The standard InChI is InChI=1S/C15H22N4/c1-17-8-7-14-12-18(2)9-10-19(14)15-6-4-3-5-13(15)11-16/h3-6,14,17H,7-10,12H2,1-2H3. The number of benzene rings is 1. The number of hydrogen-bond donors (Lipinski definition) is 1. The number of nitriles is 1. The zero-order valence-corrected chi connectivity index (χ0v) is 11.8. The van der Waals surface area contributed by atoms with E-state index in [0.29, 0.717) is 6.04 Å². The Morgan fingerprint density at radius 3 is 2.89 bits per heavy atom. The van der Waals surface area contributed by atoms with Gasteiger partial charge in [0.05, 0.1) is 11.3 Å². The van der Waals surface area contributed by atoms with Gasteiger partial charge in [-0.15, -0.1) is 0 Å². The highest BCUT2D eigenvalue weighted by molar-refractivity contribution is 5.60. The lowest BCUT2D eigenvalue weighted by atomic mass is 10.0. The lowest BCUT2D eigenvalue weighted by Gasteiger charge is -2.42. The number of rotatable bonds is 4. The van der Waals surface area contributed by atoms with Gasteiger partial charge >= 0.3 is 0 Å². The van der Waals surface area contributed by atoms with Gasteiger partial charge in [0.25, 0.3) is 0 Å². The zero-order chi connectivity index (χ0) is 13.7. The van der Waals surface area contributed by atoms with E-state index in [1.54, 1.807) is 0 Å². The number of nitrogens with one attached hydrogen (secondary N) is 1. The minimum Gasteiger partial charge on any atom is -0.365 e. The predicted octanol–water partition coefficient (Wildman–Crippen LogP) is 1.29. The third kappa shape index (κ3) is 3.25. The summed E-state index contributed by atoms with van der Waals surface area (Å²) in [5.74, 6) is 0. The van der Waals surface area contributed by atoms with Crippen LogP contribution in [0.3, 0.4) is 0 Å². The van der Waals surface area contributed by atoms with Crippen LogP contribution >= 0.6 is 0 Å². The molecular formula is C15H22N4. The molecule has 0 saturated carbocycles. The van der Waals surface area contributed by atoms with E-state index in [2.05, 4.69) is 34.3 Å². The second kappa shape index (κ2) is 6.55. The Labute approximate surface area is 115 Å². The molecule has 1 aliphatic heterocycles. The van der Waals surface area contributed by atoms with E-state index in [0.717, 1.165) is 43.9 Å². The number of hydrogen-bond acceptors (Lipinski definition) is 4. The highest BCUT2D eigenvalue weighted by atomic mass is 15.3. The molecule has 19 heavy (non-hydrogen) atoms. The van der Waals surface area contributed by atoms with Crippen LogP contribution in [-0.2, 0) is 0 Å². The maximum absolute atomic E-state index is 9.26. The van der Waals surface area contributed by atoms with Crippen LogP contribution in [0.5, 0.6) is 0 Å². The molecule has 1 aliphatic rings. The van der Waals surface area contributed by atoms with Gasteiger partial charge in [-0.3, -0.25) is 0 Å². The Bertz CT molecular complexity index is 452. The van der Waals surface area contributed by atoms with E-state index in [9.17, 15) is 5.26 Å². The normalized spacial score (nSPS) is 20.3. The molecule has 2 rings (SSSR count). The molecule has 1 aromatic rings. The predicted molar refractivity (Wildman–Crippen MR) is 78.3 cm³/mol. The van der Waals surface area contributed by atoms with Crippen LogP contribution in [0.1, 0.15) is 12.0 Å². The van der Waals surface area contributed by atoms with E-state index in [1.165, 1.54) is 0 Å². The van der Waals surface area contributed by atoms with Crippen LogP contribution in [0.25, 0.3) is 0 Å². The quantitative estimate of drug-likeness (QED) is 0.883. The van der Waals surface area contributed by atoms with Crippen molar-refractivity contribution in [3.05, 3.63) is 29.8 Å². The number of para-hydroxylation sites is 1. The van der Waals surface area contributed by atoms with E-state index in [1.807, 2.05) is 25.2 Å². The molecule has 1 saturated heterocycles. The third-order valence-corrected chi connectivity index (χ3v) is 3.75. The summed E-state index contributed by atoms with van der Waals surface area (Å²) in [5, 5.41) is 12.5. The fraction of sp³-hybridized carbons (Fsp3) is 0.533. The molecule has 4 nitrogen and oxygen atoms in total. The first-order valence-corrected chi connectivity index (χ1v) is 6.85. The Morgan fingerprint density at radius 2 is 2.16 bits per heavy atom. The minimum atomic E-state index is 0.473. The molecule has 1 fully saturated rings. The first-order valence-electron chi connectivity index (χ1n) is 6.85. The van der Waals surface area contributed by atoms with Gasteiger partial charge in [0.1, 0.15) is 6.07 Å². The minimum absolute atomic E-state index is 0.473. The van der Waals surface area contributed by atoms with Gasteiger partial charge in [-0.1, -0.05) is 12.1 Å². The van der Waals surface area contributed by atoms with Crippen molar-refractivity contribution < 1.29 is 0 Å². The van der Waals surface area contributed by atoms with E-state index in [-0.39, 0.29) is 0 Å². The Morgan fingerprint density at radius 1 is 1.37 bits per heavy atom. The lowest BCUT2D eigenvalue weighted by Crippen LogP contribution is -2.53. The molecule has 0 amide bonds. The molecule has 1 heterocycles. The maximum Gasteiger partial charge on any atom is 0.101 e. The average Bonchev–Trinajstić information content (AvgIpc) is 2.45. The molecule has 4 heteroatoms. The summed E-state index contributed by atoms with van der Waals surface area (Å²) in [6, 6.07) is 10.7. The number of piperazine rings is 1. The maximum atomic E-state index is 9.26. The van der Waals surface area contributed by atoms with Gasteiger partial charge in [-0.25, -0.2) is 0 Å². The second-order valence-corrected chi connectivity index (χ2v) is 5.13. The molecule has 0 spiro atoms. The topological polar surface area (TPSA) is 42.3 Å². The van der Waals surface area contributed by atoms with Gasteiger partial charge in [0.15, 0.2) is 0 Å². The van der Waals surface area contributed by atoms with Gasteiger partial charge in [-0.05, 0) is 39.2 Å². The van der Waals surface area contributed by atoms with Crippen molar-refractivity contribution in [3.63, 3.8) is 0 Å². The van der Waals surface area contributed by atoms with E-state index >= 15 is 0 Å². The van der Waals surface area contributed by atoms with Gasteiger partial charge < -0.3 is 15.1 Å². The SMILES string of the molecule is CNCCC1CN(C)CCN1c1ccccc1C#N. The molecule has 0 aliphatic carbocycles. The van der Waals surface area contributed by atoms with Crippen molar-refractivity contribution in [1.29, 1.82) is 5.26 Å². The Kier molecular flexibility index (Phi) is 4.78. The summed E-state index contributed by atoms with van der Waals surface area (Å²) >= 11 is 0. The Balaban J connectivity index is 2.22. The summed E-state index contributed by atoms with van der Waals surface area (Å²) in [5.41, 5.74) is 1.86. The molecular weight excluding hydrogens is 236 g/mol. The smallest absolute Gasteiger partial charge is 0.101 e. The van der Waals surface area contributed by atoms with Crippen LogP contribution in [0.15, 0.2) is 24.3 Å². The monoisotopic (exact) mass is 258 g/mol. The summed E-state index contributed by atoms with van der Waals surface area (Å²) in [6.07, 6.45) is 1.10. The average molecular weight is 258 g/mol. The fourth-order valence-electron chi connectivity index (χ4n) is 2.70.